The number of hydrogen-bond acceptors (Lipinski definition) is 1. The third-order valence-electron chi connectivity index (χ3n) is 0. The summed E-state index contributed by atoms with van der Waals surface area (Å²) in [5.74, 6) is 0. The minimum Gasteiger partial charge on any atom is -0.450 e. The first-order valence-electron chi connectivity index (χ1n) is 0.651. The van der Waals surface area contributed by atoms with Crippen molar-refractivity contribution in [2.75, 3.05) is 0 Å². The Bertz CT molecular complexity index is 29.9. The number of carboxylic acid groups (broad SMARTS) is 2. The van der Waals surface area contributed by atoms with Crippen molar-refractivity contribution < 1.29 is 36.1 Å². The Kier molecular flexibility index (Phi) is 7.03. The Morgan fingerprint density at radius 1 is 1.40 bits per heavy atom. The van der Waals surface area contributed by atoms with Gasteiger partial charge in [-0.25, -0.2) is 4.79 Å². The van der Waals surface area contributed by atoms with E-state index < -0.39 is 6.16 Å². The van der Waals surface area contributed by atoms with E-state index in [4.69, 9.17) is 15.0 Å². The molecule has 3 nitrogen and oxygen atoms in total. The van der Waals surface area contributed by atoms with Crippen LogP contribution in [-0.2, 0) is 21.1 Å². The predicted molar refractivity (Wildman–Crippen MR) is 10.7 cm³/mol. The van der Waals surface area contributed by atoms with Crippen LogP contribution in [0.4, 0.5) is 4.79 Å². The Labute approximate surface area is 42.9 Å². The van der Waals surface area contributed by atoms with Gasteiger partial charge in [0.05, 0.1) is 0 Å². The molecule has 0 aliphatic carbocycles. The van der Waals surface area contributed by atoms with Gasteiger partial charge in [0.2, 0.25) is 0 Å². The fourth-order valence-corrected chi connectivity index (χ4v) is 0. The van der Waals surface area contributed by atoms with E-state index in [0.29, 0.717) is 0 Å². The number of carbonyl (C=O) groups is 1. The van der Waals surface area contributed by atoms with Gasteiger partial charge < -0.3 is 10.2 Å². The molecular weight excluding hydrogens is 255 g/mol. The maximum absolute atomic E-state index is 8.56. The zero-order valence-corrected chi connectivity index (χ0v) is 4.39. The van der Waals surface area contributed by atoms with Crippen molar-refractivity contribution in [3.05, 3.63) is 0 Å². The molecule has 0 aliphatic heterocycles. The van der Waals surface area contributed by atoms with Gasteiger partial charge in [0, 0.05) is 21.1 Å². The third kappa shape index (κ3) is 8730. The average molecular weight is 257 g/mol. The fourth-order valence-electron chi connectivity index (χ4n) is 0. The topological polar surface area (TPSA) is 57.5 Å². The molecule has 0 radical (unpaired) electrons. The van der Waals surface area contributed by atoms with Crippen molar-refractivity contribution in [2.45, 2.75) is 0 Å². The zero-order chi connectivity index (χ0) is 3.58. The van der Waals surface area contributed by atoms with Gasteiger partial charge >= 0.3 is 6.16 Å². The molecule has 0 fully saturated rings. The number of hydrogen-bond donors (Lipinski definition) is 2. The summed E-state index contributed by atoms with van der Waals surface area (Å²) < 4.78 is 0. The van der Waals surface area contributed by atoms with Crippen LogP contribution in [-0.4, -0.2) is 16.4 Å². The average Bonchev–Trinajstić information content (AvgIpc) is 0.811. The first kappa shape index (κ1) is 8.88. The van der Waals surface area contributed by atoms with Crippen molar-refractivity contribution in [1.82, 2.24) is 0 Å². The molecule has 2 N–H and O–H groups in total. The SMILES string of the molecule is O=C(O)O.[Pt]. The van der Waals surface area contributed by atoms with E-state index >= 15 is 0 Å². The maximum Gasteiger partial charge on any atom is 0.503 e. The molecule has 0 amide bonds. The van der Waals surface area contributed by atoms with Crippen molar-refractivity contribution in [3.8, 4) is 0 Å². The van der Waals surface area contributed by atoms with Crippen LogP contribution in [0.3, 0.4) is 0 Å². The monoisotopic (exact) mass is 257 g/mol. The largest absolute Gasteiger partial charge is 0.503 e. The van der Waals surface area contributed by atoms with Crippen LogP contribution in [0.1, 0.15) is 0 Å². The Morgan fingerprint density at radius 3 is 1.40 bits per heavy atom. The molecule has 34 valence electrons. The molecule has 5 heavy (non-hydrogen) atoms. The van der Waals surface area contributed by atoms with Crippen LogP contribution < -0.4 is 0 Å². The molecule has 0 spiro atoms. The second kappa shape index (κ2) is 3.96. The molecule has 0 saturated heterocycles. The molecule has 0 unspecified atom stereocenters. The molecular formula is CH2O3Pt. The fraction of sp³-hybridized carbons (Fsp3) is 0. The Balaban J connectivity index is 0. The van der Waals surface area contributed by atoms with Crippen molar-refractivity contribution in [1.29, 1.82) is 0 Å². The third-order valence-corrected chi connectivity index (χ3v) is 0. The summed E-state index contributed by atoms with van der Waals surface area (Å²) >= 11 is 0. The van der Waals surface area contributed by atoms with Gasteiger partial charge in [-0.1, -0.05) is 0 Å². The van der Waals surface area contributed by atoms with E-state index in [2.05, 4.69) is 0 Å². The van der Waals surface area contributed by atoms with E-state index in [-0.39, 0.29) is 21.1 Å². The van der Waals surface area contributed by atoms with Gasteiger partial charge in [-0.2, -0.15) is 0 Å². The van der Waals surface area contributed by atoms with Gasteiger partial charge in [-0.3, -0.25) is 0 Å². The minimum atomic E-state index is -1.83. The smallest absolute Gasteiger partial charge is 0.450 e. The maximum atomic E-state index is 8.56. The first-order chi connectivity index (χ1) is 1.73. The summed E-state index contributed by atoms with van der Waals surface area (Å²) in [6.45, 7) is 0. The van der Waals surface area contributed by atoms with Crippen LogP contribution >= 0.6 is 0 Å². The van der Waals surface area contributed by atoms with Crippen molar-refractivity contribution in [2.24, 2.45) is 0 Å². The van der Waals surface area contributed by atoms with Gasteiger partial charge in [-0.05, 0) is 0 Å². The molecule has 0 aliphatic rings. The van der Waals surface area contributed by atoms with E-state index in [0.717, 1.165) is 0 Å². The second-order valence-electron chi connectivity index (χ2n) is 0.283. The molecule has 4 heteroatoms. The second-order valence-corrected chi connectivity index (χ2v) is 0.283. The first-order valence-corrected chi connectivity index (χ1v) is 0.651. The van der Waals surface area contributed by atoms with Crippen LogP contribution in [0, 0.1) is 0 Å². The number of rotatable bonds is 0. The molecule has 0 atom stereocenters. The summed E-state index contributed by atoms with van der Waals surface area (Å²) in [6, 6.07) is 0. The van der Waals surface area contributed by atoms with Gasteiger partial charge in [0.25, 0.3) is 0 Å². The standard InChI is InChI=1S/CH2O3.Pt/c2-1(3)4;/h(H2,2,3,4);. The van der Waals surface area contributed by atoms with Crippen LogP contribution in [0.5, 0.6) is 0 Å². The zero-order valence-electron chi connectivity index (χ0n) is 2.12. The molecule has 0 bridgehead atoms. The van der Waals surface area contributed by atoms with Crippen molar-refractivity contribution in [3.63, 3.8) is 0 Å². The Hall–Kier alpha value is -0.0417. The van der Waals surface area contributed by atoms with Crippen LogP contribution in [0.2, 0.25) is 0 Å². The summed E-state index contributed by atoms with van der Waals surface area (Å²) in [5, 5.41) is 13.9. The van der Waals surface area contributed by atoms with Gasteiger partial charge in [-0.15, -0.1) is 0 Å². The predicted octanol–water partition coefficient (Wildman–Crippen LogP) is 0.220. The molecule has 0 saturated carbocycles. The summed E-state index contributed by atoms with van der Waals surface area (Å²) in [5.41, 5.74) is 0. The van der Waals surface area contributed by atoms with Crippen LogP contribution in [0.25, 0.3) is 0 Å². The molecule has 0 aromatic carbocycles. The van der Waals surface area contributed by atoms with E-state index in [9.17, 15) is 0 Å². The normalized spacial score (nSPS) is 4.80. The summed E-state index contributed by atoms with van der Waals surface area (Å²) in [7, 11) is 0. The molecule has 0 heterocycles. The van der Waals surface area contributed by atoms with Crippen molar-refractivity contribution >= 4 is 6.16 Å². The van der Waals surface area contributed by atoms with Gasteiger partial charge in [0.1, 0.15) is 0 Å². The van der Waals surface area contributed by atoms with E-state index in [1.54, 1.807) is 0 Å². The Morgan fingerprint density at radius 2 is 1.40 bits per heavy atom. The molecule has 0 rings (SSSR count). The molecule has 0 aromatic rings. The van der Waals surface area contributed by atoms with Crippen LogP contribution in [0.15, 0.2) is 0 Å². The summed E-state index contributed by atoms with van der Waals surface area (Å²) in [4.78, 5) is 8.56. The quantitative estimate of drug-likeness (QED) is 0.652. The van der Waals surface area contributed by atoms with E-state index in [1.807, 2.05) is 0 Å². The molecule has 0 aromatic heterocycles. The summed E-state index contributed by atoms with van der Waals surface area (Å²) in [6.07, 6.45) is -1.83. The minimum absolute atomic E-state index is 0. The van der Waals surface area contributed by atoms with Gasteiger partial charge in [0.15, 0.2) is 0 Å². The van der Waals surface area contributed by atoms with E-state index in [1.165, 1.54) is 0 Å².